The summed E-state index contributed by atoms with van der Waals surface area (Å²) < 4.78 is 34.5. The van der Waals surface area contributed by atoms with Crippen LogP contribution in [0.4, 0.5) is 0 Å². The number of nitrogens with one attached hydrogen (secondary N) is 1. The molecular formula is C26H27NO9. The average molecular weight is 498 g/mol. The molecule has 36 heavy (non-hydrogen) atoms. The van der Waals surface area contributed by atoms with Gasteiger partial charge in [-0.05, 0) is 36.8 Å². The van der Waals surface area contributed by atoms with Crippen molar-refractivity contribution in [2.75, 3.05) is 13.7 Å². The highest BCUT2D eigenvalue weighted by Gasteiger charge is 2.50. The van der Waals surface area contributed by atoms with Gasteiger partial charge in [-0.1, -0.05) is 12.1 Å². The molecule has 6 atom stereocenters. The lowest BCUT2D eigenvalue weighted by Gasteiger charge is -2.47. The van der Waals surface area contributed by atoms with Crippen molar-refractivity contribution in [3.05, 3.63) is 70.1 Å². The van der Waals surface area contributed by atoms with Crippen LogP contribution in [0.1, 0.15) is 24.3 Å². The third-order valence-corrected chi connectivity index (χ3v) is 6.30. The molecule has 0 spiro atoms. The summed E-state index contributed by atoms with van der Waals surface area (Å²) in [5.41, 5.74) is 1.42. The second kappa shape index (κ2) is 9.90. The Morgan fingerprint density at radius 1 is 1.08 bits per heavy atom. The fraction of sp³-hybridized carbons (Fsp3) is 0.385. The highest BCUT2D eigenvalue weighted by atomic mass is 16.7. The molecule has 1 aromatic heterocycles. The van der Waals surface area contributed by atoms with Gasteiger partial charge in [0.1, 0.15) is 41.4 Å². The van der Waals surface area contributed by atoms with Gasteiger partial charge in [0.25, 0.3) is 0 Å². The maximum absolute atomic E-state index is 12.0. The molecule has 0 unspecified atom stereocenters. The number of aliphatic hydroxyl groups is 1. The molecule has 10 heteroatoms. The first-order valence-corrected chi connectivity index (χ1v) is 11.5. The molecule has 2 saturated heterocycles. The van der Waals surface area contributed by atoms with Crippen molar-refractivity contribution in [2.24, 2.45) is 0 Å². The fourth-order valence-corrected chi connectivity index (χ4v) is 4.52. The third-order valence-electron chi connectivity index (χ3n) is 6.30. The predicted molar refractivity (Wildman–Crippen MR) is 127 cm³/mol. The zero-order valence-electron chi connectivity index (χ0n) is 20.0. The maximum atomic E-state index is 12.0. The SMILES string of the molecule is COc1ccc([C@@H]2OC[C@H]3O[C@H](Oc4ccc5c(C)cc(=O)oc5c4)[C@H](NC(C)=O)[C@@H](O)[C@H]3O2)cc1. The highest BCUT2D eigenvalue weighted by molar-refractivity contribution is 5.81. The van der Waals surface area contributed by atoms with Gasteiger partial charge in [0.2, 0.25) is 12.2 Å². The van der Waals surface area contributed by atoms with E-state index >= 15 is 0 Å². The predicted octanol–water partition coefficient (Wildman–Crippen LogP) is 2.19. The molecule has 0 radical (unpaired) electrons. The number of rotatable bonds is 5. The first-order chi connectivity index (χ1) is 17.3. The lowest BCUT2D eigenvalue weighted by Crippen LogP contribution is -2.67. The van der Waals surface area contributed by atoms with Crippen LogP contribution in [0, 0.1) is 6.92 Å². The van der Waals surface area contributed by atoms with E-state index in [1.807, 2.05) is 19.1 Å². The van der Waals surface area contributed by atoms with Crippen molar-refractivity contribution in [3.8, 4) is 11.5 Å². The Bertz CT molecular complexity index is 1310. The Hall–Kier alpha value is -3.44. The number of aryl methyl sites for hydroxylation is 1. The topological polar surface area (TPSA) is 126 Å². The lowest BCUT2D eigenvalue weighted by molar-refractivity contribution is -0.333. The van der Waals surface area contributed by atoms with E-state index in [0.29, 0.717) is 17.1 Å². The summed E-state index contributed by atoms with van der Waals surface area (Å²) in [6, 6.07) is 12.7. The number of hydrogen-bond acceptors (Lipinski definition) is 9. The van der Waals surface area contributed by atoms with E-state index in [2.05, 4.69) is 5.32 Å². The van der Waals surface area contributed by atoms with Gasteiger partial charge in [0.15, 0.2) is 6.29 Å². The molecule has 2 aromatic carbocycles. The van der Waals surface area contributed by atoms with E-state index in [9.17, 15) is 14.7 Å². The van der Waals surface area contributed by atoms with Gasteiger partial charge in [-0.25, -0.2) is 4.79 Å². The summed E-state index contributed by atoms with van der Waals surface area (Å²) in [6.45, 7) is 3.29. The first kappa shape index (κ1) is 24.3. The summed E-state index contributed by atoms with van der Waals surface area (Å²) in [5.74, 6) is 0.673. The Kier molecular flexibility index (Phi) is 6.67. The minimum Gasteiger partial charge on any atom is -0.497 e. The van der Waals surface area contributed by atoms with Gasteiger partial charge in [-0.3, -0.25) is 4.79 Å². The summed E-state index contributed by atoms with van der Waals surface area (Å²) in [5, 5.41) is 14.7. The number of fused-ring (bicyclic) bond motifs is 2. The second-order valence-electron chi connectivity index (χ2n) is 8.82. The Morgan fingerprint density at radius 2 is 1.83 bits per heavy atom. The van der Waals surface area contributed by atoms with E-state index < -0.39 is 42.6 Å². The standard InChI is InChI=1S/C26H27NO9/c1-13-10-21(29)34-19-11-17(8-9-18(13)19)33-26-22(27-14(2)28)23(30)24-20(35-26)12-32-25(36-24)15-4-6-16(31-3)7-5-15/h4-11,20,22-26,30H,12H2,1-3H3,(H,27,28)/t20-,22-,23-,24+,25-,26+/m1/s1. The normalized spacial score (nSPS) is 27.8. The minimum atomic E-state index is -1.15. The van der Waals surface area contributed by atoms with Crippen LogP contribution in [0.15, 0.2) is 57.7 Å². The van der Waals surface area contributed by atoms with Crippen molar-refractivity contribution in [1.82, 2.24) is 5.32 Å². The molecule has 3 heterocycles. The van der Waals surface area contributed by atoms with E-state index in [0.717, 1.165) is 16.5 Å². The van der Waals surface area contributed by atoms with Gasteiger partial charge in [-0.2, -0.15) is 0 Å². The number of carbonyl (C=O) groups excluding carboxylic acids is 1. The molecule has 3 aromatic rings. The molecule has 0 bridgehead atoms. The number of amides is 1. The van der Waals surface area contributed by atoms with Crippen molar-refractivity contribution >= 4 is 16.9 Å². The molecule has 2 aliphatic rings. The summed E-state index contributed by atoms with van der Waals surface area (Å²) in [7, 11) is 1.58. The number of aliphatic hydroxyl groups excluding tert-OH is 1. The maximum Gasteiger partial charge on any atom is 0.336 e. The molecular weight excluding hydrogens is 470 g/mol. The van der Waals surface area contributed by atoms with Gasteiger partial charge < -0.3 is 38.5 Å². The molecule has 2 N–H and O–H groups in total. The first-order valence-electron chi connectivity index (χ1n) is 11.5. The van der Waals surface area contributed by atoms with Gasteiger partial charge in [0.05, 0.1) is 13.7 Å². The van der Waals surface area contributed by atoms with Crippen LogP contribution in [-0.4, -0.2) is 55.4 Å². The van der Waals surface area contributed by atoms with E-state index in [4.69, 9.17) is 28.1 Å². The van der Waals surface area contributed by atoms with E-state index in [1.165, 1.54) is 13.0 Å². The van der Waals surface area contributed by atoms with Crippen LogP contribution in [0.2, 0.25) is 0 Å². The molecule has 2 fully saturated rings. The van der Waals surface area contributed by atoms with Gasteiger partial charge in [0, 0.05) is 30.0 Å². The van der Waals surface area contributed by atoms with Crippen molar-refractivity contribution in [3.63, 3.8) is 0 Å². The fourth-order valence-electron chi connectivity index (χ4n) is 4.52. The van der Waals surface area contributed by atoms with Crippen molar-refractivity contribution in [2.45, 2.75) is 50.8 Å². The van der Waals surface area contributed by atoms with Crippen LogP contribution in [0.25, 0.3) is 11.0 Å². The largest absolute Gasteiger partial charge is 0.497 e. The van der Waals surface area contributed by atoms with Crippen LogP contribution in [-0.2, 0) is 19.0 Å². The zero-order valence-corrected chi connectivity index (χ0v) is 20.0. The van der Waals surface area contributed by atoms with Crippen molar-refractivity contribution < 1.29 is 38.0 Å². The Balaban J connectivity index is 1.37. The summed E-state index contributed by atoms with van der Waals surface area (Å²) in [6.07, 6.45) is -4.35. The summed E-state index contributed by atoms with van der Waals surface area (Å²) >= 11 is 0. The Labute approximate surface area is 206 Å². The van der Waals surface area contributed by atoms with Crippen LogP contribution < -0.4 is 20.4 Å². The number of methoxy groups -OCH3 is 1. The quantitative estimate of drug-likeness (QED) is 0.510. The molecule has 190 valence electrons. The zero-order chi connectivity index (χ0) is 25.4. The smallest absolute Gasteiger partial charge is 0.336 e. The molecule has 10 nitrogen and oxygen atoms in total. The molecule has 1 amide bonds. The molecule has 0 saturated carbocycles. The second-order valence-corrected chi connectivity index (χ2v) is 8.82. The number of ether oxygens (including phenoxy) is 5. The van der Waals surface area contributed by atoms with Crippen LogP contribution in [0.5, 0.6) is 11.5 Å². The minimum absolute atomic E-state index is 0.136. The summed E-state index contributed by atoms with van der Waals surface area (Å²) in [4.78, 5) is 23.7. The highest BCUT2D eigenvalue weighted by Crippen LogP contribution is 2.35. The number of carbonyl (C=O) groups is 1. The molecule has 2 aliphatic heterocycles. The van der Waals surface area contributed by atoms with Crippen LogP contribution >= 0.6 is 0 Å². The third kappa shape index (κ3) is 4.80. The van der Waals surface area contributed by atoms with E-state index in [1.54, 1.807) is 37.4 Å². The monoisotopic (exact) mass is 497 g/mol. The number of hydrogen-bond donors (Lipinski definition) is 2. The molecule has 5 rings (SSSR count). The lowest BCUT2D eigenvalue weighted by atomic mass is 9.95. The van der Waals surface area contributed by atoms with Gasteiger partial charge in [-0.15, -0.1) is 0 Å². The Morgan fingerprint density at radius 3 is 2.56 bits per heavy atom. The molecule has 0 aliphatic carbocycles. The van der Waals surface area contributed by atoms with Crippen molar-refractivity contribution in [1.29, 1.82) is 0 Å². The van der Waals surface area contributed by atoms with E-state index in [-0.39, 0.29) is 12.5 Å². The average Bonchev–Trinajstić information content (AvgIpc) is 2.86. The van der Waals surface area contributed by atoms with Crippen LogP contribution in [0.3, 0.4) is 0 Å². The van der Waals surface area contributed by atoms with Gasteiger partial charge >= 0.3 is 5.63 Å². The number of benzene rings is 2.